The predicted molar refractivity (Wildman–Crippen MR) is 111 cm³/mol. The first-order valence-corrected chi connectivity index (χ1v) is 10.0. The third-order valence-corrected chi connectivity index (χ3v) is 5.86. The number of aliphatic hydroxyl groups excluding tert-OH is 1. The molecule has 0 saturated heterocycles. The van der Waals surface area contributed by atoms with Crippen molar-refractivity contribution >= 4 is 17.3 Å². The van der Waals surface area contributed by atoms with Gasteiger partial charge < -0.3 is 19.6 Å². The Morgan fingerprint density at radius 1 is 1.14 bits per heavy atom. The molecule has 2 aromatic carbocycles. The van der Waals surface area contributed by atoms with Crippen molar-refractivity contribution in [3.63, 3.8) is 0 Å². The van der Waals surface area contributed by atoms with Crippen LogP contribution < -0.4 is 9.80 Å². The van der Waals surface area contributed by atoms with Crippen molar-refractivity contribution in [1.82, 2.24) is 0 Å². The first-order valence-electron chi connectivity index (χ1n) is 10.0. The molecule has 28 heavy (non-hydrogen) atoms. The highest BCUT2D eigenvalue weighted by Crippen LogP contribution is 2.47. The van der Waals surface area contributed by atoms with Crippen LogP contribution in [0.2, 0.25) is 0 Å². The minimum absolute atomic E-state index is 0.0341. The van der Waals surface area contributed by atoms with Gasteiger partial charge in [-0.05, 0) is 35.4 Å². The molecule has 1 N–H and O–H groups in total. The molecule has 0 aliphatic carbocycles. The van der Waals surface area contributed by atoms with E-state index in [-0.39, 0.29) is 11.3 Å². The second-order valence-corrected chi connectivity index (χ2v) is 8.26. The van der Waals surface area contributed by atoms with Crippen molar-refractivity contribution in [2.24, 2.45) is 0 Å². The van der Waals surface area contributed by atoms with Gasteiger partial charge in [0.05, 0.1) is 18.0 Å². The lowest BCUT2D eigenvalue weighted by Gasteiger charge is -2.48. The molecule has 5 nitrogen and oxygen atoms in total. The van der Waals surface area contributed by atoms with Gasteiger partial charge >= 0.3 is 0 Å². The smallest absolute Gasteiger partial charge is 0.277 e. The second kappa shape index (κ2) is 7.57. The van der Waals surface area contributed by atoms with Gasteiger partial charge in [-0.15, -0.1) is 0 Å². The quantitative estimate of drug-likeness (QED) is 0.780. The topological polar surface area (TPSA) is 53.0 Å². The number of hydrogen-bond donors (Lipinski definition) is 1. The molecule has 148 valence electrons. The van der Waals surface area contributed by atoms with Crippen molar-refractivity contribution in [1.29, 1.82) is 0 Å². The average molecular weight is 380 g/mol. The van der Waals surface area contributed by atoms with E-state index in [0.717, 1.165) is 29.8 Å². The van der Waals surface area contributed by atoms with Gasteiger partial charge in [0, 0.05) is 19.7 Å². The number of carbonyl (C=O) groups is 1. The number of carbonyl (C=O) groups excluding carboxylic acids is 1. The van der Waals surface area contributed by atoms with E-state index in [0.29, 0.717) is 26.3 Å². The molecule has 1 amide bonds. The lowest BCUT2D eigenvalue weighted by atomic mass is 9.76. The molecular weight excluding hydrogens is 352 g/mol. The molecule has 2 aromatic rings. The zero-order chi connectivity index (χ0) is 19.7. The summed E-state index contributed by atoms with van der Waals surface area (Å²) in [7, 11) is 0. The molecule has 1 unspecified atom stereocenters. The maximum atomic E-state index is 12.8. The molecule has 2 aliphatic rings. The summed E-state index contributed by atoms with van der Waals surface area (Å²) >= 11 is 0. The van der Waals surface area contributed by atoms with Crippen LogP contribution in [-0.2, 0) is 21.6 Å². The molecule has 0 spiro atoms. The van der Waals surface area contributed by atoms with E-state index in [1.807, 2.05) is 47.4 Å². The molecule has 0 saturated carbocycles. The molecule has 0 radical (unpaired) electrons. The van der Waals surface area contributed by atoms with Gasteiger partial charge in [-0.3, -0.25) is 4.79 Å². The second-order valence-electron chi connectivity index (χ2n) is 8.26. The molecule has 1 atom stereocenters. The number of anilines is 2. The van der Waals surface area contributed by atoms with Crippen molar-refractivity contribution in [2.45, 2.75) is 44.9 Å². The largest absolute Gasteiger partial charge is 0.377 e. The summed E-state index contributed by atoms with van der Waals surface area (Å²) in [6.45, 7) is 6.82. The van der Waals surface area contributed by atoms with Crippen molar-refractivity contribution in [2.75, 3.05) is 29.5 Å². The van der Waals surface area contributed by atoms with Gasteiger partial charge in [0.2, 0.25) is 6.23 Å². The van der Waals surface area contributed by atoms with Crippen LogP contribution >= 0.6 is 0 Å². The number of aliphatic hydroxyl groups is 1. The predicted octanol–water partition coefficient (Wildman–Crippen LogP) is 3.45. The van der Waals surface area contributed by atoms with Crippen LogP contribution in [0, 0.1) is 0 Å². The number of ether oxygens (including phenoxy) is 1. The van der Waals surface area contributed by atoms with Crippen LogP contribution in [0.3, 0.4) is 0 Å². The molecule has 2 heterocycles. The van der Waals surface area contributed by atoms with Crippen molar-refractivity contribution < 1.29 is 14.6 Å². The van der Waals surface area contributed by atoms with Crippen LogP contribution in [0.4, 0.5) is 11.4 Å². The highest BCUT2D eigenvalue weighted by Gasteiger charge is 2.43. The maximum Gasteiger partial charge on any atom is 0.277 e. The Morgan fingerprint density at radius 3 is 2.71 bits per heavy atom. The lowest BCUT2D eigenvalue weighted by molar-refractivity contribution is -0.127. The zero-order valence-electron chi connectivity index (χ0n) is 16.6. The third kappa shape index (κ3) is 3.40. The average Bonchev–Trinajstić information content (AvgIpc) is 2.70. The van der Waals surface area contributed by atoms with Crippen LogP contribution in [0.5, 0.6) is 0 Å². The molecule has 4 rings (SSSR count). The zero-order valence-corrected chi connectivity index (χ0v) is 16.6. The number of nitrogens with zero attached hydrogens (tertiary/aromatic N) is 2. The Balaban J connectivity index is 1.47. The van der Waals surface area contributed by atoms with Crippen molar-refractivity contribution in [3.05, 3.63) is 59.7 Å². The first-order chi connectivity index (χ1) is 13.5. The van der Waals surface area contributed by atoms with Gasteiger partial charge in [0.25, 0.3) is 5.91 Å². The van der Waals surface area contributed by atoms with Gasteiger partial charge in [-0.25, -0.2) is 0 Å². The van der Waals surface area contributed by atoms with Gasteiger partial charge in [-0.1, -0.05) is 56.3 Å². The summed E-state index contributed by atoms with van der Waals surface area (Å²) in [5.74, 6) is -0.243. The summed E-state index contributed by atoms with van der Waals surface area (Å²) < 4.78 is 5.76. The molecular formula is C23H28N2O3. The van der Waals surface area contributed by atoms with E-state index in [1.165, 1.54) is 5.56 Å². The minimum Gasteiger partial charge on any atom is -0.377 e. The third-order valence-electron chi connectivity index (χ3n) is 5.86. The first kappa shape index (κ1) is 19.0. The number of amides is 1. The van der Waals surface area contributed by atoms with Gasteiger partial charge in [0.1, 0.15) is 0 Å². The van der Waals surface area contributed by atoms with Crippen LogP contribution in [0.25, 0.3) is 0 Å². The highest BCUT2D eigenvalue weighted by molar-refractivity contribution is 6.05. The number of rotatable bonds is 6. The van der Waals surface area contributed by atoms with Crippen LogP contribution in [0.15, 0.2) is 48.5 Å². The summed E-state index contributed by atoms with van der Waals surface area (Å²) in [5, 5.41) is 10.6. The molecule has 5 heteroatoms. The molecule has 0 aromatic heterocycles. The van der Waals surface area contributed by atoms with E-state index in [1.54, 1.807) is 4.90 Å². The van der Waals surface area contributed by atoms with Gasteiger partial charge in [-0.2, -0.15) is 0 Å². The molecule has 0 fully saturated rings. The van der Waals surface area contributed by atoms with Crippen LogP contribution in [-0.4, -0.2) is 36.9 Å². The Bertz CT molecular complexity index is 850. The maximum absolute atomic E-state index is 12.8. The summed E-state index contributed by atoms with van der Waals surface area (Å²) in [5.41, 5.74) is 4.29. The number of benzene rings is 2. The lowest BCUT2D eigenvalue weighted by Crippen LogP contribution is -2.56. The number of hydrogen-bond acceptors (Lipinski definition) is 4. The summed E-state index contributed by atoms with van der Waals surface area (Å²) in [4.78, 5) is 16.4. The fourth-order valence-electron chi connectivity index (χ4n) is 4.20. The Morgan fingerprint density at radius 2 is 1.93 bits per heavy atom. The normalized spacial score (nSPS) is 20.2. The highest BCUT2D eigenvalue weighted by atomic mass is 16.5. The van der Waals surface area contributed by atoms with Gasteiger partial charge in [0.15, 0.2) is 0 Å². The van der Waals surface area contributed by atoms with E-state index in [2.05, 4.69) is 19.9 Å². The SMILES string of the molecule is CC1(C)CCN2c3c(cccc31)N(CCCOCc1ccccc1)C(=O)C2O. The monoisotopic (exact) mass is 380 g/mol. The Kier molecular flexibility index (Phi) is 5.13. The standard InChI is InChI=1S/C23H28N2O3/c1-23(2)12-14-25-20-18(23)10-6-11-19(20)24(21(26)22(25)27)13-7-15-28-16-17-8-4-3-5-9-17/h3-6,8-11,22,27H,7,12-16H2,1-2H3. The van der Waals surface area contributed by atoms with E-state index in [9.17, 15) is 9.90 Å². The van der Waals surface area contributed by atoms with E-state index >= 15 is 0 Å². The van der Waals surface area contributed by atoms with Crippen molar-refractivity contribution in [3.8, 4) is 0 Å². The summed E-state index contributed by atoms with van der Waals surface area (Å²) in [6.07, 6.45) is 0.537. The van der Waals surface area contributed by atoms with Crippen LogP contribution in [0.1, 0.15) is 37.8 Å². The molecule has 0 bridgehead atoms. The van der Waals surface area contributed by atoms with E-state index < -0.39 is 6.23 Å². The molecule has 2 aliphatic heterocycles. The Labute approximate surface area is 166 Å². The van der Waals surface area contributed by atoms with E-state index in [4.69, 9.17) is 4.74 Å². The fraction of sp³-hybridized carbons (Fsp3) is 0.435. The minimum atomic E-state index is -1.10. The number of para-hydroxylation sites is 1. The fourth-order valence-corrected chi connectivity index (χ4v) is 4.20. The Hall–Kier alpha value is -2.37. The summed E-state index contributed by atoms with van der Waals surface area (Å²) in [6, 6.07) is 16.2.